The quantitative estimate of drug-likeness (QED) is 0.763. The highest BCUT2D eigenvalue weighted by Crippen LogP contribution is 2.29. The van der Waals surface area contributed by atoms with Crippen LogP contribution in [-0.4, -0.2) is 28.7 Å². The van der Waals surface area contributed by atoms with E-state index in [-0.39, 0.29) is 18.4 Å². The number of hydrogen-bond acceptors (Lipinski definition) is 1. The number of amides is 1. The van der Waals surface area contributed by atoms with E-state index in [1.165, 1.54) is 12.1 Å². The Morgan fingerprint density at radius 3 is 2.50 bits per heavy atom. The highest BCUT2D eigenvalue weighted by molar-refractivity contribution is 9.09. The summed E-state index contributed by atoms with van der Waals surface area (Å²) in [5.74, 6) is -0.0216. The molecule has 0 N–H and O–H groups in total. The molecule has 1 aromatic carbocycles. The largest absolute Gasteiger partial charge is 0.416 e. The highest BCUT2D eigenvalue weighted by atomic mass is 79.9. The SMILES string of the molecule is O=C(Cc1ccc(C(F)(F)F)cc1)N1CCCC1CBr. The zero-order chi connectivity index (χ0) is 14.8. The Labute approximate surface area is 124 Å². The van der Waals surface area contributed by atoms with Gasteiger partial charge in [0.15, 0.2) is 0 Å². The Bertz CT molecular complexity index is 472. The molecule has 2 nitrogen and oxygen atoms in total. The van der Waals surface area contributed by atoms with E-state index in [1.807, 2.05) is 4.90 Å². The number of likely N-dealkylation sites (tertiary alicyclic amines) is 1. The smallest absolute Gasteiger partial charge is 0.339 e. The van der Waals surface area contributed by atoms with Gasteiger partial charge in [-0.2, -0.15) is 13.2 Å². The summed E-state index contributed by atoms with van der Waals surface area (Å²) in [6, 6.07) is 5.00. The third kappa shape index (κ3) is 3.53. The van der Waals surface area contributed by atoms with Crippen LogP contribution in [0.2, 0.25) is 0 Å². The molecule has 1 fully saturated rings. The molecule has 20 heavy (non-hydrogen) atoms. The maximum Gasteiger partial charge on any atom is 0.416 e. The summed E-state index contributed by atoms with van der Waals surface area (Å²) >= 11 is 3.38. The molecular weight excluding hydrogens is 335 g/mol. The average Bonchev–Trinajstić information content (AvgIpc) is 2.86. The van der Waals surface area contributed by atoms with E-state index in [4.69, 9.17) is 0 Å². The molecule has 1 unspecified atom stereocenters. The third-order valence-corrected chi connectivity index (χ3v) is 4.26. The van der Waals surface area contributed by atoms with Gasteiger partial charge in [0.2, 0.25) is 5.91 Å². The van der Waals surface area contributed by atoms with E-state index in [0.717, 1.165) is 36.8 Å². The Morgan fingerprint density at radius 2 is 1.95 bits per heavy atom. The van der Waals surface area contributed by atoms with Crippen molar-refractivity contribution in [2.75, 3.05) is 11.9 Å². The summed E-state index contributed by atoms with van der Waals surface area (Å²) in [5, 5.41) is 0.742. The molecule has 0 radical (unpaired) electrons. The van der Waals surface area contributed by atoms with E-state index in [0.29, 0.717) is 5.56 Å². The molecule has 110 valence electrons. The predicted molar refractivity (Wildman–Crippen MR) is 73.7 cm³/mol. The number of hydrogen-bond donors (Lipinski definition) is 0. The Balaban J connectivity index is 2.01. The van der Waals surface area contributed by atoms with Crippen LogP contribution in [0.5, 0.6) is 0 Å². The molecule has 0 saturated carbocycles. The van der Waals surface area contributed by atoms with Crippen molar-refractivity contribution in [2.24, 2.45) is 0 Å². The summed E-state index contributed by atoms with van der Waals surface area (Å²) in [5.41, 5.74) is -0.0728. The molecule has 0 aromatic heterocycles. The van der Waals surface area contributed by atoms with Crippen molar-refractivity contribution in [3.8, 4) is 0 Å². The van der Waals surface area contributed by atoms with Crippen LogP contribution in [-0.2, 0) is 17.4 Å². The van der Waals surface area contributed by atoms with Gasteiger partial charge < -0.3 is 4.90 Å². The van der Waals surface area contributed by atoms with E-state index in [9.17, 15) is 18.0 Å². The number of benzene rings is 1. The van der Waals surface area contributed by atoms with Crippen molar-refractivity contribution in [3.63, 3.8) is 0 Å². The van der Waals surface area contributed by atoms with Crippen molar-refractivity contribution >= 4 is 21.8 Å². The number of carbonyl (C=O) groups is 1. The lowest BCUT2D eigenvalue weighted by Crippen LogP contribution is -2.37. The maximum absolute atomic E-state index is 12.4. The van der Waals surface area contributed by atoms with Crippen LogP contribution in [0.15, 0.2) is 24.3 Å². The maximum atomic E-state index is 12.4. The second kappa shape index (κ2) is 6.16. The molecule has 1 aliphatic rings. The Morgan fingerprint density at radius 1 is 1.30 bits per heavy atom. The van der Waals surface area contributed by atoms with Crippen molar-refractivity contribution in [1.29, 1.82) is 0 Å². The molecule has 6 heteroatoms. The Kier molecular flexibility index (Phi) is 4.73. The normalized spacial score (nSPS) is 19.4. The average molecular weight is 350 g/mol. The molecular formula is C14H15BrF3NO. The summed E-state index contributed by atoms with van der Waals surface area (Å²) in [6.07, 6.45) is -2.22. The molecule has 0 bridgehead atoms. The van der Waals surface area contributed by atoms with Gasteiger partial charge in [-0.1, -0.05) is 28.1 Å². The molecule has 1 aromatic rings. The molecule has 1 atom stereocenters. The van der Waals surface area contributed by atoms with Gasteiger partial charge in [-0.05, 0) is 30.5 Å². The topological polar surface area (TPSA) is 20.3 Å². The summed E-state index contributed by atoms with van der Waals surface area (Å²) in [7, 11) is 0. The van der Waals surface area contributed by atoms with Crippen molar-refractivity contribution in [3.05, 3.63) is 35.4 Å². The van der Waals surface area contributed by atoms with Crippen LogP contribution in [0.3, 0.4) is 0 Å². The second-order valence-electron chi connectivity index (χ2n) is 4.91. The first-order chi connectivity index (χ1) is 9.41. The standard InChI is InChI=1S/C14H15BrF3NO/c15-9-12-2-1-7-19(12)13(20)8-10-3-5-11(6-4-10)14(16,17)18/h3-6,12H,1-2,7-9H2. The first kappa shape index (κ1) is 15.4. The van der Waals surface area contributed by atoms with Crippen molar-refractivity contribution < 1.29 is 18.0 Å². The molecule has 1 heterocycles. The minimum absolute atomic E-state index is 0.0216. The van der Waals surface area contributed by atoms with Crippen LogP contribution in [0.4, 0.5) is 13.2 Å². The van der Waals surface area contributed by atoms with E-state index in [2.05, 4.69) is 15.9 Å². The van der Waals surface area contributed by atoms with Crippen molar-refractivity contribution in [2.45, 2.75) is 31.5 Å². The van der Waals surface area contributed by atoms with Gasteiger partial charge >= 0.3 is 6.18 Å². The third-order valence-electron chi connectivity index (χ3n) is 3.51. The molecule has 1 aliphatic heterocycles. The molecule has 0 spiro atoms. The highest BCUT2D eigenvalue weighted by Gasteiger charge is 2.30. The van der Waals surface area contributed by atoms with Crippen LogP contribution < -0.4 is 0 Å². The van der Waals surface area contributed by atoms with E-state index < -0.39 is 11.7 Å². The number of carbonyl (C=O) groups excluding carboxylic acids is 1. The second-order valence-corrected chi connectivity index (χ2v) is 5.56. The van der Waals surface area contributed by atoms with Crippen molar-refractivity contribution in [1.82, 2.24) is 4.90 Å². The lowest BCUT2D eigenvalue weighted by molar-refractivity contribution is -0.137. The predicted octanol–water partition coefficient (Wildman–Crippen LogP) is 3.63. The molecule has 1 saturated heterocycles. The summed E-state index contributed by atoms with van der Waals surface area (Å²) < 4.78 is 37.3. The van der Waals surface area contributed by atoms with E-state index in [1.54, 1.807) is 0 Å². The minimum atomic E-state index is -4.33. The lowest BCUT2D eigenvalue weighted by atomic mass is 10.1. The lowest BCUT2D eigenvalue weighted by Gasteiger charge is -2.23. The van der Waals surface area contributed by atoms with Gasteiger partial charge in [0.05, 0.1) is 12.0 Å². The fourth-order valence-corrected chi connectivity index (χ4v) is 3.09. The van der Waals surface area contributed by atoms with Gasteiger partial charge in [-0.15, -0.1) is 0 Å². The molecule has 2 rings (SSSR count). The molecule has 0 aliphatic carbocycles. The first-order valence-electron chi connectivity index (χ1n) is 6.43. The Hall–Kier alpha value is -1.04. The number of rotatable bonds is 3. The van der Waals surface area contributed by atoms with E-state index >= 15 is 0 Å². The first-order valence-corrected chi connectivity index (χ1v) is 7.55. The number of nitrogens with zero attached hydrogens (tertiary/aromatic N) is 1. The monoisotopic (exact) mass is 349 g/mol. The van der Waals surface area contributed by atoms with Gasteiger partial charge in [-0.3, -0.25) is 4.79 Å². The van der Waals surface area contributed by atoms with Crippen LogP contribution in [0, 0.1) is 0 Å². The zero-order valence-electron chi connectivity index (χ0n) is 10.8. The number of halogens is 4. The van der Waals surface area contributed by atoms with Gasteiger partial charge in [0.25, 0.3) is 0 Å². The fraction of sp³-hybridized carbons (Fsp3) is 0.500. The van der Waals surface area contributed by atoms with Crippen LogP contribution in [0.1, 0.15) is 24.0 Å². The van der Waals surface area contributed by atoms with Gasteiger partial charge in [-0.25, -0.2) is 0 Å². The van der Waals surface area contributed by atoms with Gasteiger partial charge in [0.1, 0.15) is 0 Å². The minimum Gasteiger partial charge on any atom is -0.339 e. The van der Waals surface area contributed by atoms with Crippen LogP contribution >= 0.6 is 15.9 Å². The molecule has 1 amide bonds. The zero-order valence-corrected chi connectivity index (χ0v) is 12.4. The fourth-order valence-electron chi connectivity index (χ4n) is 2.41. The van der Waals surface area contributed by atoms with Gasteiger partial charge in [0, 0.05) is 17.9 Å². The number of alkyl halides is 4. The summed E-state index contributed by atoms with van der Waals surface area (Å²) in [6.45, 7) is 0.732. The summed E-state index contributed by atoms with van der Waals surface area (Å²) in [4.78, 5) is 14.0. The van der Waals surface area contributed by atoms with Crippen LogP contribution in [0.25, 0.3) is 0 Å².